The molecule has 0 aliphatic heterocycles. The van der Waals surface area contributed by atoms with Gasteiger partial charge in [-0.3, -0.25) is 4.79 Å². The Labute approximate surface area is 120 Å². The van der Waals surface area contributed by atoms with Gasteiger partial charge in [0.2, 0.25) is 5.88 Å². The first-order valence-electron chi connectivity index (χ1n) is 5.67. The number of carbonyl (C=O) groups excluding carboxylic acids is 1. The number of hydrogen-bond donors (Lipinski definition) is 1. The lowest BCUT2D eigenvalue weighted by atomic mass is 10.2. The van der Waals surface area contributed by atoms with E-state index in [0.717, 1.165) is 4.88 Å². The van der Waals surface area contributed by atoms with Gasteiger partial charge in [0.15, 0.2) is 0 Å². The van der Waals surface area contributed by atoms with E-state index in [-0.39, 0.29) is 11.9 Å². The Morgan fingerprint density at radius 3 is 2.89 bits per heavy atom. The zero-order valence-electron chi connectivity index (χ0n) is 10.5. The van der Waals surface area contributed by atoms with Crippen molar-refractivity contribution in [3.8, 4) is 5.88 Å². The van der Waals surface area contributed by atoms with Crippen LogP contribution in [0, 0.1) is 0 Å². The molecule has 0 aliphatic rings. The highest BCUT2D eigenvalue weighted by Gasteiger charge is 2.16. The molecule has 0 aliphatic carbocycles. The molecular weight excluding hydrogens is 284 g/mol. The van der Waals surface area contributed by atoms with Crippen LogP contribution in [0.15, 0.2) is 30.5 Å². The molecular formula is C13H13ClN2O2S. The standard InChI is InChI=1S/C13H13ClN2O2S/c1-8(10-5-6-11(14)19-10)16-12(17)9-4-3-7-15-13(9)18-2/h3-8H,1-2H3,(H,16,17). The van der Waals surface area contributed by atoms with Crippen LogP contribution >= 0.6 is 22.9 Å². The van der Waals surface area contributed by atoms with E-state index in [4.69, 9.17) is 16.3 Å². The summed E-state index contributed by atoms with van der Waals surface area (Å²) in [5.74, 6) is 0.0957. The summed E-state index contributed by atoms with van der Waals surface area (Å²) in [5, 5.41) is 2.89. The topological polar surface area (TPSA) is 51.2 Å². The monoisotopic (exact) mass is 296 g/mol. The van der Waals surface area contributed by atoms with E-state index < -0.39 is 0 Å². The lowest BCUT2D eigenvalue weighted by Gasteiger charge is -2.13. The molecule has 0 radical (unpaired) electrons. The largest absolute Gasteiger partial charge is 0.480 e. The Hall–Kier alpha value is -1.59. The second-order valence-corrected chi connectivity index (χ2v) is 5.64. The number of rotatable bonds is 4. The first-order chi connectivity index (χ1) is 9.11. The molecule has 100 valence electrons. The Kier molecular flexibility index (Phi) is 4.39. The minimum atomic E-state index is -0.220. The minimum absolute atomic E-state index is 0.116. The number of nitrogens with zero attached hydrogens (tertiary/aromatic N) is 1. The van der Waals surface area contributed by atoms with Crippen LogP contribution in [0.1, 0.15) is 28.2 Å². The fourth-order valence-electron chi connectivity index (χ4n) is 1.63. The number of ether oxygens (including phenoxy) is 1. The van der Waals surface area contributed by atoms with E-state index in [0.29, 0.717) is 15.8 Å². The normalized spacial score (nSPS) is 11.9. The van der Waals surface area contributed by atoms with Crippen LogP contribution in [0.25, 0.3) is 0 Å². The summed E-state index contributed by atoms with van der Waals surface area (Å²) in [6.07, 6.45) is 1.58. The van der Waals surface area contributed by atoms with Gasteiger partial charge in [-0.1, -0.05) is 11.6 Å². The third kappa shape index (κ3) is 3.24. The predicted molar refractivity (Wildman–Crippen MR) is 76.0 cm³/mol. The molecule has 1 atom stereocenters. The first kappa shape index (κ1) is 13.8. The van der Waals surface area contributed by atoms with Gasteiger partial charge in [0.05, 0.1) is 17.5 Å². The van der Waals surface area contributed by atoms with Gasteiger partial charge < -0.3 is 10.1 Å². The molecule has 0 bridgehead atoms. The quantitative estimate of drug-likeness (QED) is 0.942. The first-order valence-corrected chi connectivity index (χ1v) is 6.86. The highest BCUT2D eigenvalue weighted by molar-refractivity contribution is 7.16. The minimum Gasteiger partial charge on any atom is -0.480 e. The maximum atomic E-state index is 12.2. The maximum Gasteiger partial charge on any atom is 0.257 e. The summed E-state index contributed by atoms with van der Waals surface area (Å²) in [6.45, 7) is 1.91. The maximum absolute atomic E-state index is 12.2. The molecule has 2 heterocycles. The van der Waals surface area contributed by atoms with Crippen LogP contribution in [0.4, 0.5) is 0 Å². The van der Waals surface area contributed by atoms with Gasteiger partial charge in [-0.25, -0.2) is 4.98 Å². The third-order valence-electron chi connectivity index (χ3n) is 2.58. The molecule has 1 unspecified atom stereocenters. The zero-order valence-corrected chi connectivity index (χ0v) is 12.1. The molecule has 2 rings (SSSR count). The van der Waals surface area contributed by atoms with Gasteiger partial charge in [-0.15, -0.1) is 11.3 Å². The Morgan fingerprint density at radius 1 is 1.47 bits per heavy atom. The number of aromatic nitrogens is 1. The fourth-order valence-corrected chi connectivity index (χ4v) is 2.70. The van der Waals surface area contributed by atoms with Crippen molar-refractivity contribution >= 4 is 28.8 Å². The van der Waals surface area contributed by atoms with Gasteiger partial charge in [-0.05, 0) is 31.2 Å². The van der Waals surface area contributed by atoms with Gasteiger partial charge in [0.1, 0.15) is 5.56 Å². The van der Waals surface area contributed by atoms with Crippen LogP contribution in [0.5, 0.6) is 5.88 Å². The van der Waals surface area contributed by atoms with Gasteiger partial charge in [0, 0.05) is 11.1 Å². The van der Waals surface area contributed by atoms with E-state index in [2.05, 4.69) is 10.3 Å². The number of hydrogen-bond acceptors (Lipinski definition) is 4. The second-order valence-electron chi connectivity index (χ2n) is 3.90. The summed E-state index contributed by atoms with van der Waals surface area (Å²) in [6, 6.07) is 6.97. The molecule has 0 fully saturated rings. The molecule has 1 N–H and O–H groups in total. The average molecular weight is 297 g/mol. The smallest absolute Gasteiger partial charge is 0.257 e. The van der Waals surface area contributed by atoms with Crippen LogP contribution < -0.4 is 10.1 Å². The van der Waals surface area contributed by atoms with Crippen molar-refractivity contribution in [3.05, 3.63) is 45.2 Å². The van der Waals surface area contributed by atoms with Gasteiger partial charge in [-0.2, -0.15) is 0 Å². The van der Waals surface area contributed by atoms with Crippen molar-refractivity contribution in [2.45, 2.75) is 13.0 Å². The van der Waals surface area contributed by atoms with Crippen molar-refractivity contribution in [2.75, 3.05) is 7.11 Å². The molecule has 1 amide bonds. The lowest BCUT2D eigenvalue weighted by molar-refractivity contribution is 0.0936. The molecule has 4 nitrogen and oxygen atoms in total. The van der Waals surface area contributed by atoms with Crippen LogP contribution in [0.3, 0.4) is 0 Å². The highest BCUT2D eigenvalue weighted by atomic mass is 35.5. The van der Waals surface area contributed by atoms with E-state index >= 15 is 0 Å². The van der Waals surface area contributed by atoms with Gasteiger partial charge in [0.25, 0.3) is 5.91 Å². The van der Waals surface area contributed by atoms with E-state index in [9.17, 15) is 4.79 Å². The zero-order chi connectivity index (χ0) is 13.8. The molecule has 2 aromatic heterocycles. The Bertz CT molecular complexity index is 586. The average Bonchev–Trinajstić information content (AvgIpc) is 2.85. The SMILES string of the molecule is COc1ncccc1C(=O)NC(C)c1ccc(Cl)s1. The Balaban J connectivity index is 2.12. The van der Waals surface area contributed by atoms with Crippen LogP contribution in [-0.2, 0) is 0 Å². The molecule has 2 aromatic rings. The van der Waals surface area contributed by atoms with Crippen molar-refractivity contribution in [2.24, 2.45) is 0 Å². The van der Waals surface area contributed by atoms with Crippen molar-refractivity contribution in [3.63, 3.8) is 0 Å². The van der Waals surface area contributed by atoms with Crippen molar-refractivity contribution in [1.29, 1.82) is 0 Å². The summed E-state index contributed by atoms with van der Waals surface area (Å²) in [5.41, 5.74) is 0.416. The summed E-state index contributed by atoms with van der Waals surface area (Å²) in [7, 11) is 1.49. The lowest BCUT2D eigenvalue weighted by Crippen LogP contribution is -2.26. The molecule has 0 saturated carbocycles. The van der Waals surface area contributed by atoms with Crippen molar-refractivity contribution < 1.29 is 9.53 Å². The number of carbonyl (C=O) groups is 1. The molecule has 19 heavy (non-hydrogen) atoms. The van der Waals surface area contributed by atoms with E-state index in [1.807, 2.05) is 19.1 Å². The molecule has 0 aromatic carbocycles. The summed E-state index contributed by atoms with van der Waals surface area (Å²) < 4.78 is 5.77. The van der Waals surface area contributed by atoms with Crippen molar-refractivity contribution in [1.82, 2.24) is 10.3 Å². The molecule has 6 heteroatoms. The second kappa shape index (κ2) is 6.04. The van der Waals surface area contributed by atoms with E-state index in [1.165, 1.54) is 18.4 Å². The molecule has 0 saturated heterocycles. The Morgan fingerprint density at radius 2 is 2.26 bits per heavy atom. The highest BCUT2D eigenvalue weighted by Crippen LogP contribution is 2.27. The predicted octanol–water partition coefficient (Wildman–Crippen LogP) is 3.30. The summed E-state index contributed by atoms with van der Waals surface area (Å²) >= 11 is 7.33. The number of nitrogens with one attached hydrogen (secondary N) is 1. The van der Waals surface area contributed by atoms with Crippen LogP contribution in [0.2, 0.25) is 4.34 Å². The summed E-state index contributed by atoms with van der Waals surface area (Å²) in [4.78, 5) is 17.2. The fraction of sp³-hybridized carbons (Fsp3) is 0.231. The number of thiophene rings is 1. The number of pyridine rings is 1. The van der Waals surface area contributed by atoms with Crippen LogP contribution in [-0.4, -0.2) is 18.0 Å². The number of methoxy groups -OCH3 is 1. The van der Waals surface area contributed by atoms with Gasteiger partial charge >= 0.3 is 0 Å². The van der Waals surface area contributed by atoms with E-state index in [1.54, 1.807) is 18.3 Å². The molecule has 0 spiro atoms. The number of halogens is 1. The number of amides is 1. The third-order valence-corrected chi connectivity index (χ3v) is 3.99.